The van der Waals surface area contributed by atoms with Gasteiger partial charge in [-0.2, -0.15) is 5.10 Å². The van der Waals surface area contributed by atoms with Gasteiger partial charge in [0.2, 0.25) is 5.91 Å². The Labute approximate surface area is 225 Å². The summed E-state index contributed by atoms with van der Waals surface area (Å²) in [5, 5.41) is 27.1. The van der Waals surface area contributed by atoms with Gasteiger partial charge in [0.25, 0.3) is 0 Å². The lowest BCUT2D eigenvalue weighted by atomic mass is 10.1. The van der Waals surface area contributed by atoms with E-state index in [0.29, 0.717) is 35.1 Å². The fourth-order valence-electron chi connectivity index (χ4n) is 3.86. The number of para-hydroxylation sites is 1. The van der Waals surface area contributed by atoms with Crippen molar-refractivity contribution in [2.24, 2.45) is 0 Å². The Hall–Kier alpha value is -4.71. The highest BCUT2D eigenvalue weighted by Gasteiger charge is 2.19. The number of aryl methyl sites for hydroxylation is 1. The number of anilines is 2. The maximum atomic E-state index is 12.5. The van der Waals surface area contributed by atoms with Crippen LogP contribution in [0.2, 0.25) is 0 Å². The molecule has 1 unspecified atom stereocenters. The van der Waals surface area contributed by atoms with Crippen molar-refractivity contribution < 1.29 is 29.0 Å². The zero-order chi connectivity index (χ0) is 28.4. The van der Waals surface area contributed by atoms with Gasteiger partial charge in [-0.05, 0) is 42.3 Å². The molecule has 3 rings (SSSR count). The predicted octanol–water partition coefficient (Wildman–Crippen LogP) is 2.92. The lowest BCUT2D eigenvalue weighted by Crippen LogP contribution is -2.28. The number of nitrogens with one attached hydrogen (secondary N) is 5. The van der Waals surface area contributed by atoms with Crippen LogP contribution in [0.5, 0.6) is 5.75 Å². The lowest BCUT2D eigenvalue weighted by Gasteiger charge is -2.13. The predicted molar refractivity (Wildman–Crippen MR) is 145 cm³/mol. The minimum atomic E-state index is -1.06. The SMILES string of the molecule is COc1cc(CC(=O)CNCc2cc(C(CC(=O)O)NC(C)=O)n[nH]2)ccc1NC(=O)Nc1ccccc1C. The monoisotopic (exact) mass is 536 g/mol. The maximum absolute atomic E-state index is 12.5. The van der Waals surface area contributed by atoms with Gasteiger partial charge in [0.1, 0.15) is 5.75 Å². The van der Waals surface area contributed by atoms with E-state index < -0.39 is 18.0 Å². The number of nitrogens with zero attached hydrogens (tertiary/aromatic N) is 1. The molecule has 1 heterocycles. The van der Waals surface area contributed by atoms with Gasteiger partial charge in [0, 0.05) is 31.3 Å². The van der Waals surface area contributed by atoms with Crippen molar-refractivity contribution in [3.8, 4) is 5.75 Å². The van der Waals surface area contributed by atoms with Crippen molar-refractivity contribution in [3.05, 3.63) is 71.0 Å². The fraction of sp³-hybridized carbons (Fsp3) is 0.296. The molecule has 1 atom stereocenters. The van der Waals surface area contributed by atoms with E-state index in [2.05, 4.69) is 31.5 Å². The Bertz CT molecular complexity index is 1320. The number of ether oxygens (including phenoxy) is 1. The molecule has 12 nitrogen and oxygen atoms in total. The van der Waals surface area contributed by atoms with Crippen LogP contribution in [-0.2, 0) is 27.3 Å². The van der Waals surface area contributed by atoms with Crippen LogP contribution < -0.4 is 26.0 Å². The number of Topliss-reactive ketones (excluding diaryl/α,β-unsaturated/α-hetero) is 1. The number of H-pyrrole nitrogens is 1. The summed E-state index contributed by atoms with van der Waals surface area (Å²) in [6.45, 7) is 3.58. The summed E-state index contributed by atoms with van der Waals surface area (Å²) < 4.78 is 5.41. The minimum absolute atomic E-state index is 0.0724. The number of benzene rings is 2. The van der Waals surface area contributed by atoms with Crippen LogP contribution in [0, 0.1) is 6.92 Å². The Kier molecular flexibility index (Phi) is 10.2. The number of aromatic nitrogens is 2. The Morgan fingerprint density at radius 1 is 1.05 bits per heavy atom. The average Bonchev–Trinajstić information content (AvgIpc) is 3.34. The molecule has 0 aliphatic heterocycles. The van der Waals surface area contributed by atoms with E-state index >= 15 is 0 Å². The first kappa shape index (κ1) is 28.9. The number of amides is 3. The van der Waals surface area contributed by atoms with Gasteiger partial charge >= 0.3 is 12.0 Å². The Morgan fingerprint density at radius 2 is 1.79 bits per heavy atom. The first-order valence-electron chi connectivity index (χ1n) is 12.2. The number of ketones is 1. The third-order valence-corrected chi connectivity index (χ3v) is 5.71. The van der Waals surface area contributed by atoms with Gasteiger partial charge in [-0.1, -0.05) is 24.3 Å². The van der Waals surface area contributed by atoms with Gasteiger partial charge in [0.05, 0.1) is 37.5 Å². The average molecular weight is 537 g/mol. The van der Waals surface area contributed by atoms with Crippen molar-refractivity contribution in [3.63, 3.8) is 0 Å². The van der Waals surface area contributed by atoms with Gasteiger partial charge in [-0.3, -0.25) is 19.5 Å². The molecular weight excluding hydrogens is 504 g/mol. The molecule has 1 aromatic heterocycles. The molecule has 3 aromatic rings. The second-order valence-electron chi connectivity index (χ2n) is 8.92. The van der Waals surface area contributed by atoms with E-state index in [1.807, 2.05) is 31.2 Å². The second kappa shape index (κ2) is 13.7. The molecule has 12 heteroatoms. The topological polar surface area (TPSA) is 175 Å². The largest absolute Gasteiger partial charge is 0.495 e. The molecule has 39 heavy (non-hydrogen) atoms. The summed E-state index contributed by atoms with van der Waals surface area (Å²) >= 11 is 0. The number of carboxylic acid groups (broad SMARTS) is 1. The van der Waals surface area contributed by atoms with Crippen molar-refractivity contribution in [1.82, 2.24) is 20.8 Å². The van der Waals surface area contributed by atoms with E-state index in [9.17, 15) is 19.2 Å². The number of hydrogen-bond acceptors (Lipinski definition) is 7. The van der Waals surface area contributed by atoms with E-state index in [1.165, 1.54) is 14.0 Å². The Balaban J connectivity index is 1.51. The van der Waals surface area contributed by atoms with Crippen LogP contribution in [0.1, 0.15) is 41.9 Å². The number of carbonyl (C=O) groups is 4. The molecule has 0 bridgehead atoms. The molecule has 0 saturated carbocycles. The molecule has 6 N–H and O–H groups in total. The molecule has 0 fully saturated rings. The molecule has 206 valence electrons. The number of urea groups is 1. The van der Waals surface area contributed by atoms with E-state index in [0.717, 1.165) is 11.1 Å². The van der Waals surface area contributed by atoms with Gasteiger partial charge in [-0.15, -0.1) is 0 Å². The van der Waals surface area contributed by atoms with Crippen molar-refractivity contribution in [1.29, 1.82) is 0 Å². The second-order valence-corrected chi connectivity index (χ2v) is 8.92. The zero-order valence-electron chi connectivity index (χ0n) is 22.0. The third-order valence-electron chi connectivity index (χ3n) is 5.71. The van der Waals surface area contributed by atoms with E-state index in [4.69, 9.17) is 9.84 Å². The van der Waals surface area contributed by atoms with Crippen LogP contribution in [0.25, 0.3) is 0 Å². The highest BCUT2D eigenvalue weighted by Crippen LogP contribution is 2.26. The van der Waals surface area contributed by atoms with Crippen molar-refractivity contribution >= 4 is 35.1 Å². The number of methoxy groups -OCH3 is 1. The first-order chi connectivity index (χ1) is 18.6. The first-order valence-corrected chi connectivity index (χ1v) is 12.2. The zero-order valence-corrected chi connectivity index (χ0v) is 22.0. The molecule has 3 amide bonds. The summed E-state index contributed by atoms with van der Waals surface area (Å²) in [5.74, 6) is -1.07. The maximum Gasteiger partial charge on any atom is 0.323 e. The standard InChI is InChI=1S/C27H32N6O6/c1-16-6-4-5-7-21(16)30-27(38)31-22-9-8-18(11-25(22)39-3)10-20(35)15-28-14-19-12-24(33-32-19)23(13-26(36)37)29-17(2)34/h4-9,11-12,23,28H,10,13-15H2,1-3H3,(H,29,34)(H,32,33)(H,36,37)(H2,30,31,38). The summed E-state index contributed by atoms with van der Waals surface area (Å²) in [6, 6.07) is 13.0. The quantitative estimate of drug-likeness (QED) is 0.193. The van der Waals surface area contributed by atoms with E-state index in [1.54, 1.807) is 24.3 Å². The number of aromatic amines is 1. The summed E-state index contributed by atoms with van der Waals surface area (Å²) in [5.41, 5.74) is 3.85. The van der Waals surface area contributed by atoms with Crippen LogP contribution in [0.15, 0.2) is 48.5 Å². The van der Waals surface area contributed by atoms with E-state index in [-0.39, 0.29) is 31.1 Å². The fourth-order valence-corrected chi connectivity index (χ4v) is 3.86. The number of rotatable bonds is 13. The van der Waals surface area contributed by atoms with Gasteiger partial charge in [0.15, 0.2) is 5.78 Å². The molecule has 0 saturated heterocycles. The highest BCUT2D eigenvalue weighted by atomic mass is 16.5. The van der Waals surface area contributed by atoms with Crippen molar-refractivity contribution in [2.45, 2.75) is 39.3 Å². The van der Waals surface area contributed by atoms with Crippen LogP contribution in [0.4, 0.5) is 16.2 Å². The smallest absolute Gasteiger partial charge is 0.323 e. The third kappa shape index (κ3) is 8.97. The molecule has 0 spiro atoms. The van der Waals surface area contributed by atoms with Crippen molar-refractivity contribution in [2.75, 3.05) is 24.3 Å². The van der Waals surface area contributed by atoms with Gasteiger partial charge < -0.3 is 31.1 Å². The lowest BCUT2D eigenvalue weighted by molar-refractivity contribution is -0.137. The number of carbonyl (C=O) groups excluding carboxylic acids is 3. The summed E-state index contributed by atoms with van der Waals surface area (Å²) in [7, 11) is 1.48. The number of carboxylic acids is 1. The normalized spacial score (nSPS) is 11.4. The molecule has 0 aliphatic rings. The molecule has 0 aliphatic carbocycles. The Morgan fingerprint density at radius 3 is 2.49 bits per heavy atom. The summed E-state index contributed by atoms with van der Waals surface area (Å²) in [4.78, 5) is 47.4. The number of aliphatic carboxylic acids is 1. The van der Waals surface area contributed by atoms with Crippen LogP contribution in [-0.4, -0.2) is 52.6 Å². The molecule has 0 radical (unpaired) electrons. The molecule has 2 aromatic carbocycles. The van der Waals surface area contributed by atoms with Crippen LogP contribution in [0.3, 0.4) is 0 Å². The molecular formula is C27H32N6O6. The number of hydrogen-bond donors (Lipinski definition) is 6. The van der Waals surface area contributed by atoms with Gasteiger partial charge in [-0.25, -0.2) is 4.79 Å². The highest BCUT2D eigenvalue weighted by molar-refractivity contribution is 6.01. The minimum Gasteiger partial charge on any atom is -0.495 e. The van der Waals surface area contributed by atoms with Crippen LogP contribution >= 0.6 is 0 Å². The summed E-state index contributed by atoms with van der Waals surface area (Å²) in [6.07, 6.45) is -0.151.